The monoisotopic (exact) mass is 241 g/mol. The van der Waals surface area contributed by atoms with Crippen molar-refractivity contribution in [3.63, 3.8) is 0 Å². The van der Waals surface area contributed by atoms with Crippen molar-refractivity contribution in [2.75, 3.05) is 5.43 Å². The van der Waals surface area contributed by atoms with E-state index in [1.54, 1.807) is 4.68 Å². The highest BCUT2D eigenvalue weighted by atomic mass is 15.5. The number of hydrazine groups is 1. The van der Waals surface area contributed by atoms with Crippen molar-refractivity contribution >= 4 is 17.0 Å². The van der Waals surface area contributed by atoms with Crippen LogP contribution in [0.25, 0.3) is 16.9 Å². The first-order valence-corrected chi connectivity index (χ1v) is 5.39. The highest BCUT2D eigenvalue weighted by molar-refractivity contribution is 5.82. The van der Waals surface area contributed by atoms with Crippen LogP contribution in [0.1, 0.15) is 5.56 Å². The van der Waals surface area contributed by atoms with E-state index in [0.29, 0.717) is 17.0 Å². The molecule has 0 spiro atoms. The summed E-state index contributed by atoms with van der Waals surface area (Å²) < 4.78 is 1.65. The number of nitrogens with zero attached hydrogens (tertiary/aromatic N) is 5. The second-order valence-electron chi connectivity index (χ2n) is 3.88. The van der Waals surface area contributed by atoms with Gasteiger partial charge in [0, 0.05) is 0 Å². The molecule has 0 aliphatic rings. The van der Waals surface area contributed by atoms with Gasteiger partial charge in [0.2, 0.25) is 0 Å². The first-order chi connectivity index (χ1) is 8.79. The van der Waals surface area contributed by atoms with Crippen molar-refractivity contribution in [3.8, 4) is 5.69 Å². The van der Waals surface area contributed by atoms with Crippen LogP contribution in [0.4, 0.5) is 5.82 Å². The van der Waals surface area contributed by atoms with E-state index in [9.17, 15) is 0 Å². The van der Waals surface area contributed by atoms with E-state index >= 15 is 0 Å². The zero-order valence-corrected chi connectivity index (χ0v) is 9.70. The van der Waals surface area contributed by atoms with E-state index in [4.69, 9.17) is 5.84 Å². The van der Waals surface area contributed by atoms with E-state index in [1.165, 1.54) is 11.9 Å². The minimum absolute atomic E-state index is 0.457. The summed E-state index contributed by atoms with van der Waals surface area (Å²) in [5.41, 5.74) is 5.71. The molecule has 0 radical (unpaired) electrons. The second-order valence-corrected chi connectivity index (χ2v) is 3.88. The van der Waals surface area contributed by atoms with Gasteiger partial charge >= 0.3 is 0 Å². The number of nitrogens with one attached hydrogen (secondary N) is 1. The lowest BCUT2D eigenvalue weighted by Gasteiger charge is -2.02. The van der Waals surface area contributed by atoms with E-state index in [-0.39, 0.29) is 0 Å². The molecule has 2 aromatic heterocycles. The van der Waals surface area contributed by atoms with Gasteiger partial charge in [0.1, 0.15) is 6.33 Å². The summed E-state index contributed by atoms with van der Waals surface area (Å²) in [6, 6.07) is 7.93. The standard InChI is InChI=1S/C11H11N7/c1-7-2-4-8(5-3-7)18-11-9(16-17-18)10(15-12)13-6-14-11/h2-6H,12H2,1H3,(H,13,14,15). The first-order valence-electron chi connectivity index (χ1n) is 5.39. The number of rotatable bonds is 2. The Kier molecular flexibility index (Phi) is 2.38. The van der Waals surface area contributed by atoms with Crippen molar-refractivity contribution in [1.29, 1.82) is 0 Å². The number of nitrogens with two attached hydrogens (primary N) is 1. The number of hydrogen-bond donors (Lipinski definition) is 2. The number of aryl methyl sites for hydroxylation is 1. The molecule has 0 aliphatic heterocycles. The molecule has 0 bridgehead atoms. The SMILES string of the molecule is Cc1ccc(-n2nnc3c(NN)ncnc32)cc1. The van der Waals surface area contributed by atoms with Crippen molar-refractivity contribution in [3.05, 3.63) is 36.2 Å². The predicted molar refractivity (Wildman–Crippen MR) is 67.0 cm³/mol. The molecule has 0 atom stereocenters. The van der Waals surface area contributed by atoms with Crippen LogP contribution in [0.3, 0.4) is 0 Å². The lowest BCUT2D eigenvalue weighted by atomic mass is 10.2. The average Bonchev–Trinajstić information content (AvgIpc) is 2.83. The van der Waals surface area contributed by atoms with Crippen LogP contribution < -0.4 is 11.3 Å². The van der Waals surface area contributed by atoms with E-state index in [0.717, 1.165) is 5.69 Å². The Morgan fingerprint density at radius 1 is 1.17 bits per heavy atom. The molecule has 0 saturated heterocycles. The van der Waals surface area contributed by atoms with Crippen molar-refractivity contribution < 1.29 is 0 Å². The predicted octanol–water partition coefficient (Wildman–Crippen LogP) is 0.805. The number of aromatic nitrogens is 5. The third kappa shape index (κ3) is 1.57. The van der Waals surface area contributed by atoms with Crippen LogP contribution in [-0.4, -0.2) is 25.0 Å². The van der Waals surface area contributed by atoms with Gasteiger partial charge in [0.15, 0.2) is 17.0 Å². The fraction of sp³-hybridized carbons (Fsp3) is 0.0909. The largest absolute Gasteiger partial charge is 0.306 e. The lowest BCUT2D eigenvalue weighted by Crippen LogP contribution is -2.09. The van der Waals surface area contributed by atoms with Crippen molar-refractivity contribution in [2.24, 2.45) is 5.84 Å². The Labute approximate surface area is 103 Å². The summed E-state index contributed by atoms with van der Waals surface area (Å²) in [6.45, 7) is 2.03. The van der Waals surface area contributed by atoms with E-state index in [2.05, 4.69) is 25.7 Å². The zero-order chi connectivity index (χ0) is 12.5. The van der Waals surface area contributed by atoms with Crippen LogP contribution in [0.2, 0.25) is 0 Å². The second kappa shape index (κ2) is 4.04. The minimum atomic E-state index is 0.457. The summed E-state index contributed by atoms with van der Waals surface area (Å²) in [6.07, 6.45) is 1.42. The number of hydrogen-bond acceptors (Lipinski definition) is 6. The summed E-state index contributed by atoms with van der Waals surface area (Å²) in [7, 11) is 0. The smallest absolute Gasteiger partial charge is 0.189 e. The molecule has 7 heteroatoms. The number of nitrogen functional groups attached to an aromatic ring is 1. The number of anilines is 1. The molecule has 1 aromatic carbocycles. The van der Waals surface area contributed by atoms with E-state index in [1.807, 2.05) is 31.2 Å². The minimum Gasteiger partial charge on any atom is -0.306 e. The van der Waals surface area contributed by atoms with Crippen LogP contribution in [0.5, 0.6) is 0 Å². The summed E-state index contributed by atoms with van der Waals surface area (Å²) >= 11 is 0. The molecule has 7 nitrogen and oxygen atoms in total. The maximum Gasteiger partial charge on any atom is 0.189 e. The van der Waals surface area contributed by atoms with Gasteiger partial charge in [-0.25, -0.2) is 15.8 Å². The third-order valence-corrected chi connectivity index (χ3v) is 2.65. The fourth-order valence-corrected chi connectivity index (χ4v) is 1.71. The van der Waals surface area contributed by atoms with Crippen molar-refractivity contribution in [1.82, 2.24) is 25.0 Å². The molecular formula is C11H11N7. The molecule has 0 fully saturated rings. The maximum absolute atomic E-state index is 5.37. The zero-order valence-electron chi connectivity index (χ0n) is 9.70. The van der Waals surface area contributed by atoms with Gasteiger partial charge < -0.3 is 5.43 Å². The molecule has 0 unspecified atom stereocenters. The molecular weight excluding hydrogens is 230 g/mol. The van der Waals surface area contributed by atoms with Gasteiger partial charge in [-0.05, 0) is 19.1 Å². The van der Waals surface area contributed by atoms with Gasteiger partial charge in [-0.15, -0.1) is 5.10 Å². The molecule has 3 aromatic rings. The molecule has 0 aliphatic carbocycles. The molecule has 90 valence electrons. The highest BCUT2D eigenvalue weighted by Gasteiger charge is 2.11. The Bertz CT molecular complexity index is 686. The van der Waals surface area contributed by atoms with Gasteiger partial charge in [0.25, 0.3) is 0 Å². The summed E-state index contributed by atoms with van der Waals surface area (Å²) in [5, 5.41) is 8.11. The van der Waals surface area contributed by atoms with Gasteiger partial charge in [-0.1, -0.05) is 22.9 Å². The Morgan fingerprint density at radius 2 is 1.94 bits per heavy atom. The highest BCUT2D eigenvalue weighted by Crippen LogP contribution is 2.18. The molecule has 3 N–H and O–H groups in total. The van der Waals surface area contributed by atoms with Crippen LogP contribution in [0, 0.1) is 6.92 Å². The molecule has 0 amide bonds. The molecule has 2 heterocycles. The molecule has 3 rings (SSSR count). The average molecular weight is 241 g/mol. The Hall–Kier alpha value is -2.54. The Balaban J connectivity index is 2.21. The number of benzene rings is 1. The quantitative estimate of drug-likeness (QED) is 0.509. The van der Waals surface area contributed by atoms with Crippen LogP contribution in [0.15, 0.2) is 30.6 Å². The van der Waals surface area contributed by atoms with Crippen molar-refractivity contribution in [2.45, 2.75) is 6.92 Å². The van der Waals surface area contributed by atoms with Gasteiger partial charge in [-0.2, -0.15) is 4.68 Å². The Morgan fingerprint density at radius 3 is 2.67 bits per heavy atom. The topological polar surface area (TPSA) is 94.5 Å². The summed E-state index contributed by atoms with van der Waals surface area (Å²) in [5.74, 6) is 5.82. The maximum atomic E-state index is 5.37. The van der Waals surface area contributed by atoms with Gasteiger partial charge in [0.05, 0.1) is 5.69 Å². The number of fused-ring (bicyclic) bond motifs is 1. The van der Waals surface area contributed by atoms with Crippen LogP contribution >= 0.6 is 0 Å². The van der Waals surface area contributed by atoms with Gasteiger partial charge in [-0.3, -0.25) is 0 Å². The molecule has 0 saturated carbocycles. The first kappa shape index (κ1) is 10.6. The fourth-order valence-electron chi connectivity index (χ4n) is 1.71. The third-order valence-electron chi connectivity index (χ3n) is 2.65. The van der Waals surface area contributed by atoms with E-state index < -0.39 is 0 Å². The van der Waals surface area contributed by atoms with Crippen LogP contribution in [-0.2, 0) is 0 Å². The molecule has 18 heavy (non-hydrogen) atoms. The lowest BCUT2D eigenvalue weighted by molar-refractivity contribution is 0.817. The summed E-state index contributed by atoms with van der Waals surface area (Å²) in [4.78, 5) is 8.16. The normalized spacial score (nSPS) is 10.8.